The molecule has 0 aliphatic carbocycles. The molecular formula is C21H32N4O3. The van der Waals surface area contributed by atoms with Crippen molar-refractivity contribution in [3.63, 3.8) is 0 Å². The number of hydrogen-bond acceptors (Lipinski definition) is 6. The lowest BCUT2D eigenvalue weighted by Crippen LogP contribution is -2.47. The van der Waals surface area contributed by atoms with E-state index < -0.39 is 17.4 Å². The normalized spacial score (nSPS) is 16.5. The number of aliphatic hydroxyl groups excluding tert-OH is 2. The highest BCUT2D eigenvalue weighted by Gasteiger charge is 2.32. The Morgan fingerprint density at radius 1 is 1.29 bits per heavy atom. The molecule has 1 amide bonds. The van der Waals surface area contributed by atoms with Crippen molar-refractivity contribution in [2.75, 3.05) is 44.2 Å². The summed E-state index contributed by atoms with van der Waals surface area (Å²) in [5.74, 6) is 0.154. The van der Waals surface area contributed by atoms with Crippen LogP contribution in [0.15, 0.2) is 24.3 Å². The molecule has 28 heavy (non-hydrogen) atoms. The van der Waals surface area contributed by atoms with Crippen LogP contribution in [-0.2, 0) is 4.79 Å². The van der Waals surface area contributed by atoms with Crippen molar-refractivity contribution < 1.29 is 15.0 Å². The zero-order chi connectivity index (χ0) is 20.6. The number of amides is 1. The molecule has 0 aromatic heterocycles. The van der Waals surface area contributed by atoms with E-state index >= 15 is 0 Å². The number of piperidine rings is 1. The van der Waals surface area contributed by atoms with Crippen LogP contribution in [0.1, 0.15) is 32.3 Å². The summed E-state index contributed by atoms with van der Waals surface area (Å²) in [4.78, 5) is 14.3. The Labute approximate surface area is 167 Å². The van der Waals surface area contributed by atoms with Gasteiger partial charge in [0.05, 0.1) is 18.2 Å². The van der Waals surface area contributed by atoms with Crippen LogP contribution in [0.4, 0.5) is 5.69 Å². The number of anilines is 1. The van der Waals surface area contributed by atoms with Crippen LogP contribution in [-0.4, -0.2) is 61.6 Å². The van der Waals surface area contributed by atoms with Gasteiger partial charge in [-0.25, -0.2) is 0 Å². The maximum atomic E-state index is 11.9. The van der Waals surface area contributed by atoms with Gasteiger partial charge in [0.15, 0.2) is 0 Å². The van der Waals surface area contributed by atoms with E-state index in [0.29, 0.717) is 24.6 Å². The number of nitrogens with one attached hydrogen (secondary N) is 2. The van der Waals surface area contributed by atoms with Crippen molar-refractivity contribution in [2.24, 2.45) is 11.3 Å². The van der Waals surface area contributed by atoms with Crippen molar-refractivity contribution in [2.45, 2.75) is 32.8 Å². The first kappa shape index (κ1) is 22.2. The highest BCUT2D eigenvalue weighted by molar-refractivity contribution is 5.81. The molecule has 0 saturated carbocycles. The van der Waals surface area contributed by atoms with Crippen molar-refractivity contribution in [1.29, 1.82) is 5.26 Å². The fraction of sp³-hybridized carbons (Fsp3) is 0.619. The van der Waals surface area contributed by atoms with Gasteiger partial charge in [-0.2, -0.15) is 5.26 Å². The lowest BCUT2D eigenvalue weighted by molar-refractivity contribution is -0.137. The Kier molecular flexibility index (Phi) is 8.24. The number of rotatable bonds is 9. The SMILES string of the molecule is CC(C)(CO)[C@@H](O)C(=O)NCCNCC1CCN(c2ccc(C#N)cc2)CC1. The van der Waals surface area contributed by atoms with E-state index in [4.69, 9.17) is 5.26 Å². The molecular weight excluding hydrogens is 356 g/mol. The first-order valence-electron chi connectivity index (χ1n) is 9.90. The zero-order valence-electron chi connectivity index (χ0n) is 16.8. The third-order valence-electron chi connectivity index (χ3n) is 5.41. The molecule has 1 atom stereocenters. The monoisotopic (exact) mass is 388 g/mol. The predicted molar refractivity (Wildman–Crippen MR) is 109 cm³/mol. The number of aliphatic hydroxyl groups is 2. The summed E-state index contributed by atoms with van der Waals surface area (Å²) in [6.07, 6.45) is 0.981. The van der Waals surface area contributed by atoms with Gasteiger partial charge in [0.1, 0.15) is 6.10 Å². The lowest BCUT2D eigenvalue weighted by Gasteiger charge is -2.33. The molecule has 2 rings (SSSR count). The van der Waals surface area contributed by atoms with Crippen LogP contribution in [0, 0.1) is 22.7 Å². The van der Waals surface area contributed by atoms with E-state index in [1.54, 1.807) is 13.8 Å². The molecule has 1 aromatic carbocycles. The molecule has 0 bridgehead atoms. The van der Waals surface area contributed by atoms with Crippen LogP contribution in [0.2, 0.25) is 0 Å². The molecule has 7 heteroatoms. The largest absolute Gasteiger partial charge is 0.396 e. The molecule has 7 nitrogen and oxygen atoms in total. The number of hydrogen-bond donors (Lipinski definition) is 4. The Morgan fingerprint density at radius 2 is 1.93 bits per heavy atom. The molecule has 0 spiro atoms. The molecule has 0 radical (unpaired) electrons. The van der Waals surface area contributed by atoms with Gasteiger partial charge in [0.2, 0.25) is 5.91 Å². The van der Waals surface area contributed by atoms with Crippen molar-refractivity contribution >= 4 is 11.6 Å². The van der Waals surface area contributed by atoms with Crippen LogP contribution < -0.4 is 15.5 Å². The first-order chi connectivity index (χ1) is 13.4. The highest BCUT2D eigenvalue weighted by atomic mass is 16.3. The highest BCUT2D eigenvalue weighted by Crippen LogP contribution is 2.23. The minimum atomic E-state index is -1.22. The van der Waals surface area contributed by atoms with Gasteiger partial charge in [0.25, 0.3) is 0 Å². The molecule has 0 unspecified atom stereocenters. The number of nitrogens with zero attached hydrogens (tertiary/aromatic N) is 2. The molecule has 1 heterocycles. The van der Waals surface area contributed by atoms with E-state index in [0.717, 1.165) is 38.2 Å². The van der Waals surface area contributed by atoms with Gasteiger partial charge >= 0.3 is 0 Å². The standard InChI is InChI=1S/C21H32N4O3/c1-21(2,15-26)19(27)20(28)24-10-9-23-14-17-7-11-25(12-8-17)18-5-3-16(13-22)4-6-18/h3-6,17,19,23,26-27H,7-12,14-15H2,1-2H3,(H,24,28)/t19-/m0/s1. The fourth-order valence-corrected chi connectivity index (χ4v) is 3.26. The predicted octanol–water partition coefficient (Wildman–Crippen LogP) is 0.860. The van der Waals surface area contributed by atoms with E-state index in [1.807, 2.05) is 24.3 Å². The molecule has 4 N–H and O–H groups in total. The van der Waals surface area contributed by atoms with Crippen molar-refractivity contribution in [3.05, 3.63) is 29.8 Å². The van der Waals surface area contributed by atoms with E-state index in [-0.39, 0.29) is 6.61 Å². The topological polar surface area (TPSA) is 109 Å². The summed E-state index contributed by atoms with van der Waals surface area (Å²) >= 11 is 0. The third kappa shape index (κ3) is 6.20. The summed E-state index contributed by atoms with van der Waals surface area (Å²) in [7, 11) is 0. The summed E-state index contributed by atoms with van der Waals surface area (Å²) in [5.41, 5.74) is 1.00. The quantitative estimate of drug-likeness (QED) is 0.467. The Bertz CT molecular complexity index is 661. The summed E-state index contributed by atoms with van der Waals surface area (Å²) in [6, 6.07) is 9.87. The smallest absolute Gasteiger partial charge is 0.249 e. The third-order valence-corrected chi connectivity index (χ3v) is 5.41. The summed E-state index contributed by atoms with van der Waals surface area (Å²) in [5, 5.41) is 34.1. The molecule has 1 fully saturated rings. The first-order valence-corrected chi connectivity index (χ1v) is 9.90. The lowest BCUT2D eigenvalue weighted by atomic mass is 9.87. The minimum absolute atomic E-state index is 0.249. The second-order valence-corrected chi connectivity index (χ2v) is 8.13. The second kappa shape index (κ2) is 10.4. The van der Waals surface area contributed by atoms with Crippen LogP contribution >= 0.6 is 0 Å². The van der Waals surface area contributed by atoms with Gasteiger partial charge in [-0.1, -0.05) is 13.8 Å². The van der Waals surface area contributed by atoms with Crippen LogP contribution in [0.3, 0.4) is 0 Å². The minimum Gasteiger partial charge on any atom is -0.396 e. The summed E-state index contributed by atoms with van der Waals surface area (Å²) < 4.78 is 0. The van der Waals surface area contributed by atoms with Gasteiger partial charge in [-0.3, -0.25) is 4.79 Å². The van der Waals surface area contributed by atoms with Gasteiger partial charge < -0.3 is 25.7 Å². The molecule has 154 valence electrons. The number of benzene rings is 1. The average molecular weight is 389 g/mol. The molecule has 1 saturated heterocycles. The maximum absolute atomic E-state index is 11.9. The maximum Gasteiger partial charge on any atom is 0.249 e. The molecule has 1 aliphatic rings. The van der Waals surface area contributed by atoms with Gasteiger partial charge in [-0.15, -0.1) is 0 Å². The van der Waals surface area contributed by atoms with Crippen LogP contribution in [0.5, 0.6) is 0 Å². The summed E-state index contributed by atoms with van der Waals surface area (Å²) in [6.45, 7) is 7.05. The Hall–Kier alpha value is -2.14. The zero-order valence-corrected chi connectivity index (χ0v) is 16.8. The number of carbonyl (C=O) groups is 1. The molecule has 1 aromatic rings. The van der Waals surface area contributed by atoms with Gasteiger partial charge in [0, 0.05) is 37.3 Å². The second-order valence-electron chi connectivity index (χ2n) is 8.13. The average Bonchev–Trinajstić information content (AvgIpc) is 2.73. The number of carbonyl (C=O) groups excluding carboxylic acids is 1. The van der Waals surface area contributed by atoms with Gasteiger partial charge in [-0.05, 0) is 49.6 Å². The Balaban J connectivity index is 1.61. The van der Waals surface area contributed by atoms with E-state index in [9.17, 15) is 15.0 Å². The molecule has 1 aliphatic heterocycles. The fourth-order valence-electron chi connectivity index (χ4n) is 3.26. The van der Waals surface area contributed by atoms with Crippen molar-refractivity contribution in [1.82, 2.24) is 10.6 Å². The number of nitriles is 1. The van der Waals surface area contributed by atoms with E-state index in [1.165, 1.54) is 0 Å². The van der Waals surface area contributed by atoms with E-state index in [2.05, 4.69) is 21.6 Å². The van der Waals surface area contributed by atoms with Crippen molar-refractivity contribution in [3.8, 4) is 6.07 Å². The Morgan fingerprint density at radius 3 is 2.50 bits per heavy atom. The van der Waals surface area contributed by atoms with Crippen LogP contribution in [0.25, 0.3) is 0 Å².